The topological polar surface area (TPSA) is 12.4 Å². The summed E-state index contributed by atoms with van der Waals surface area (Å²) in [6.07, 6.45) is 14.6. The van der Waals surface area contributed by atoms with E-state index in [0.29, 0.717) is 5.92 Å². The lowest BCUT2D eigenvalue weighted by molar-refractivity contribution is 1.07. The molecule has 2 rings (SSSR count). The van der Waals surface area contributed by atoms with Crippen molar-refractivity contribution in [3.8, 4) is 0 Å². The Kier molecular flexibility index (Phi) is 4.11. The van der Waals surface area contributed by atoms with Crippen LogP contribution in [0.5, 0.6) is 0 Å². The maximum Gasteiger partial charge on any atom is 0.0441 e. The number of fused-ring (bicyclic) bond motifs is 1. The largest absolute Gasteiger partial charge is 0.261 e. The first-order valence-corrected chi connectivity index (χ1v) is 5.14. The average molecular weight is 187 g/mol. The van der Waals surface area contributed by atoms with Gasteiger partial charge >= 0.3 is 0 Å². The zero-order valence-corrected chi connectivity index (χ0v) is 9.07. The van der Waals surface area contributed by atoms with E-state index in [-0.39, 0.29) is 0 Å². The molecule has 1 aliphatic carbocycles. The fourth-order valence-corrected chi connectivity index (χ4v) is 1.36. The first-order valence-electron chi connectivity index (χ1n) is 5.14. The first kappa shape index (κ1) is 10.7. The van der Waals surface area contributed by atoms with Crippen molar-refractivity contribution < 1.29 is 0 Å². The summed E-state index contributed by atoms with van der Waals surface area (Å²) in [7, 11) is 0. The predicted octanol–water partition coefficient (Wildman–Crippen LogP) is 3.67. The molecular weight excluding hydrogens is 170 g/mol. The van der Waals surface area contributed by atoms with Gasteiger partial charge in [0.2, 0.25) is 0 Å². The predicted molar refractivity (Wildman–Crippen MR) is 63.5 cm³/mol. The Bertz CT molecular complexity index is 327. The maximum atomic E-state index is 4.29. The van der Waals surface area contributed by atoms with Crippen LogP contribution < -0.4 is 0 Å². The normalized spacial score (nSPS) is 22.6. The van der Waals surface area contributed by atoms with Crippen LogP contribution in [0.15, 0.2) is 53.2 Å². The van der Waals surface area contributed by atoms with E-state index in [2.05, 4.69) is 41.4 Å². The van der Waals surface area contributed by atoms with E-state index in [0.717, 1.165) is 5.71 Å². The van der Waals surface area contributed by atoms with Crippen LogP contribution in [0.3, 0.4) is 0 Å². The number of rotatable bonds is 0. The van der Waals surface area contributed by atoms with Gasteiger partial charge in [0.15, 0.2) is 0 Å². The number of hydrogen-bond donors (Lipinski definition) is 0. The summed E-state index contributed by atoms with van der Waals surface area (Å²) in [6, 6.07) is 0. The molecule has 1 heterocycles. The number of allylic oxidation sites excluding steroid dienone is 7. The standard InChI is InChI=1S/C11H11N.C2H6/c1-9-11-5-3-2-4-10(8-11)6-7-12-9;1-2/h2-8,10H,1H3;1-2H3. The van der Waals surface area contributed by atoms with Gasteiger partial charge in [-0.25, -0.2) is 0 Å². The highest BCUT2D eigenvalue weighted by Crippen LogP contribution is 2.16. The Labute approximate surface area is 86.2 Å². The van der Waals surface area contributed by atoms with Gasteiger partial charge in [-0.05, 0) is 12.5 Å². The number of hydrogen-bond acceptors (Lipinski definition) is 1. The van der Waals surface area contributed by atoms with Gasteiger partial charge in [-0.3, -0.25) is 4.99 Å². The van der Waals surface area contributed by atoms with E-state index in [1.807, 2.05) is 27.0 Å². The molecule has 0 saturated carbocycles. The van der Waals surface area contributed by atoms with Gasteiger partial charge in [-0.15, -0.1) is 0 Å². The zero-order chi connectivity index (χ0) is 10.4. The molecule has 0 N–H and O–H groups in total. The summed E-state index contributed by atoms with van der Waals surface area (Å²) in [6.45, 7) is 6.04. The molecule has 0 spiro atoms. The van der Waals surface area contributed by atoms with Gasteiger partial charge in [-0.2, -0.15) is 0 Å². The monoisotopic (exact) mass is 187 g/mol. The summed E-state index contributed by atoms with van der Waals surface area (Å²) in [4.78, 5) is 4.29. The molecule has 1 unspecified atom stereocenters. The van der Waals surface area contributed by atoms with E-state index >= 15 is 0 Å². The minimum Gasteiger partial charge on any atom is -0.261 e. The minimum absolute atomic E-state index is 0.413. The third-order valence-electron chi connectivity index (χ3n) is 2.09. The van der Waals surface area contributed by atoms with Crippen LogP contribution in [0.2, 0.25) is 0 Å². The van der Waals surface area contributed by atoms with E-state index < -0.39 is 0 Å². The molecule has 0 saturated heterocycles. The molecule has 2 aliphatic rings. The van der Waals surface area contributed by atoms with Crippen LogP contribution >= 0.6 is 0 Å². The van der Waals surface area contributed by atoms with Gasteiger partial charge in [0.1, 0.15) is 0 Å². The lowest BCUT2D eigenvalue weighted by Gasteiger charge is -1.99. The second-order valence-electron chi connectivity index (χ2n) is 3.00. The summed E-state index contributed by atoms with van der Waals surface area (Å²) < 4.78 is 0. The van der Waals surface area contributed by atoms with Gasteiger partial charge < -0.3 is 0 Å². The maximum absolute atomic E-state index is 4.29. The third-order valence-corrected chi connectivity index (χ3v) is 2.09. The first-order chi connectivity index (χ1) is 6.86. The lowest BCUT2D eigenvalue weighted by Crippen LogP contribution is -1.93. The molecule has 0 fully saturated rings. The highest BCUT2D eigenvalue weighted by molar-refractivity contribution is 6.01. The van der Waals surface area contributed by atoms with E-state index in [1.54, 1.807) is 0 Å². The molecular formula is C13H17N. The highest BCUT2D eigenvalue weighted by Gasteiger charge is 2.05. The fraction of sp³-hybridized carbons (Fsp3) is 0.308. The summed E-state index contributed by atoms with van der Waals surface area (Å²) in [5.41, 5.74) is 2.32. The van der Waals surface area contributed by atoms with Crippen molar-refractivity contribution in [2.75, 3.05) is 0 Å². The quantitative estimate of drug-likeness (QED) is 0.548. The Balaban J connectivity index is 0.000000461. The fourth-order valence-electron chi connectivity index (χ4n) is 1.36. The number of nitrogens with zero attached hydrogens (tertiary/aromatic N) is 1. The van der Waals surface area contributed by atoms with Crippen LogP contribution in [0.4, 0.5) is 0 Å². The van der Waals surface area contributed by atoms with Crippen molar-refractivity contribution in [1.29, 1.82) is 0 Å². The van der Waals surface area contributed by atoms with Crippen molar-refractivity contribution >= 4 is 5.71 Å². The van der Waals surface area contributed by atoms with E-state index in [1.165, 1.54) is 5.57 Å². The molecule has 1 aliphatic heterocycles. The van der Waals surface area contributed by atoms with Gasteiger partial charge in [0, 0.05) is 17.8 Å². The summed E-state index contributed by atoms with van der Waals surface area (Å²) >= 11 is 0. The second kappa shape index (κ2) is 5.38. The Hall–Kier alpha value is -1.37. The van der Waals surface area contributed by atoms with Crippen LogP contribution in [-0.4, -0.2) is 5.71 Å². The van der Waals surface area contributed by atoms with Gasteiger partial charge in [0.05, 0.1) is 0 Å². The second-order valence-corrected chi connectivity index (χ2v) is 3.00. The van der Waals surface area contributed by atoms with E-state index in [9.17, 15) is 0 Å². The zero-order valence-electron chi connectivity index (χ0n) is 9.07. The van der Waals surface area contributed by atoms with Crippen LogP contribution in [0.1, 0.15) is 20.8 Å². The van der Waals surface area contributed by atoms with Crippen LogP contribution in [0, 0.1) is 5.92 Å². The number of aliphatic imine (C=N–C) groups is 1. The van der Waals surface area contributed by atoms with Crippen molar-refractivity contribution in [3.05, 3.63) is 48.2 Å². The third kappa shape index (κ3) is 2.56. The van der Waals surface area contributed by atoms with E-state index in [4.69, 9.17) is 0 Å². The van der Waals surface area contributed by atoms with Crippen molar-refractivity contribution in [2.24, 2.45) is 10.9 Å². The average Bonchev–Trinajstić information content (AvgIpc) is 2.55. The van der Waals surface area contributed by atoms with Crippen molar-refractivity contribution in [1.82, 2.24) is 0 Å². The Morgan fingerprint density at radius 2 is 1.93 bits per heavy atom. The smallest absolute Gasteiger partial charge is 0.0441 e. The highest BCUT2D eigenvalue weighted by atomic mass is 14.7. The molecule has 0 aromatic carbocycles. The molecule has 0 radical (unpaired) electrons. The molecule has 74 valence electrons. The molecule has 2 bridgehead atoms. The minimum atomic E-state index is 0.413. The molecule has 0 amide bonds. The molecule has 1 nitrogen and oxygen atoms in total. The lowest BCUT2D eigenvalue weighted by atomic mass is 10.1. The van der Waals surface area contributed by atoms with Gasteiger partial charge in [0.25, 0.3) is 0 Å². The van der Waals surface area contributed by atoms with Crippen molar-refractivity contribution in [2.45, 2.75) is 20.8 Å². The molecule has 0 aromatic heterocycles. The van der Waals surface area contributed by atoms with Crippen LogP contribution in [-0.2, 0) is 0 Å². The van der Waals surface area contributed by atoms with Gasteiger partial charge in [-0.1, -0.05) is 50.3 Å². The molecule has 14 heavy (non-hydrogen) atoms. The molecule has 1 atom stereocenters. The summed E-state index contributed by atoms with van der Waals surface area (Å²) in [5, 5.41) is 0. The SMILES string of the molecule is CC.CC1=NC=CC2C=CC=CC1=C2. The van der Waals surface area contributed by atoms with Crippen molar-refractivity contribution in [3.63, 3.8) is 0 Å². The van der Waals surface area contributed by atoms with Crippen LogP contribution in [0.25, 0.3) is 0 Å². The Morgan fingerprint density at radius 3 is 2.71 bits per heavy atom. The molecule has 0 aromatic rings. The Morgan fingerprint density at radius 1 is 1.14 bits per heavy atom. The summed E-state index contributed by atoms with van der Waals surface area (Å²) in [5.74, 6) is 0.413. The molecule has 1 heteroatoms.